The van der Waals surface area contributed by atoms with Crippen molar-refractivity contribution in [2.75, 3.05) is 4.43 Å². The Kier molecular flexibility index (Phi) is 6.92. The quantitative estimate of drug-likeness (QED) is 0.239. The van der Waals surface area contributed by atoms with Crippen LogP contribution in [0.3, 0.4) is 0 Å². The summed E-state index contributed by atoms with van der Waals surface area (Å²) in [7, 11) is 0. The first-order chi connectivity index (χ1) is 10.1. The molecule has 2 aliphatic rings. The van der Waals surface area contributed by atoms with Crippen molar-refractivity contribution in [3.05, 3.63) is 22.3 Å². The molecule has 4 nitrogen and oxygen atoms in total. The second kappa shape index (κ2) is 8.46. The minimum Gasteiger partial charge on any atom is -0.327 e. The number of nitrogens with zero attached hydrogens (tertiary/aromatic N) is 1. The molecule has 21 heavy (non-hydrogen) atoms. The van der Waals surface area contributed by atoms with Crippen molar-refractivity contribution < 1.29 is 4.92 Å². The molecule has 0 spiro atoms. The Morgan fingerprint density at radius 1 is 1.19 bits per heavy atom. The molecule has 5 heteroatoms. The van der Waals surface area contributed by atoms with E-state index in [-0.39, 0.29) is 11.0 Å². The average molecular weight is 406 g/mol. The lowest BCUT2D eigenvalue weighted by molar-refractivity contribution is -0.511. The lowest BCUT2D eigenvalue weighted by atomic mass is 9.72. The van der Waals surface area contributed by atoms with Gasteiger partial charge in [-0.1, -0.05) is 41.5 Å². The van der Waals surface area contributed by atoms with Crippen molar-refractivity contribution >= 4 is 22.6 Å². The van der Waals surface area contributed by atoms with Crippen LogP contribution in [0.5, 0.6) is 0 Å². The Morgan fingerprint density at radius 3 is 2.43 bits per heavy atom. The van der Waals surface area contributed by atoms with Crippen LogP contribution in [-0.2, 0) is 0 Å². The average Bonchev–Trinajstić information content (AvgIpc) is 2.53. The number of rotatable bonds is 6. The molecule has 0 aliphatic heterocycles. The maximum absolute atomic E-state index is 10.8. The first-order valence-corrected chi connectivity index (χ1v) is 9.77. The van der Waals surface area contributed by atoms with E-state index in [0.29, 0.717) is 18.3 Å². The third-order valence-electron chi connectivity index (χ3n) is 5.32. The van der Waals surface area contributed by atoms with Gasteiger partial charge in [0.2, 0.25) is 6.04 Å². The Labute approximate surface area is 141 Å². The molecule has 0 aromatic carbocycles. The highest BCUT2D eigenvalue weighted by Gasteiger charge is 2.32. The molecule has 0 bridgehead atoms. The van der Waals surface area contributed by atoms with E-state index < -0.39 is 6.04 Å². The molecule has 0 saturated heterocycles. The minimum absolute atomic E-state index is 0.184. The largest absolute Gasteiger partial charge is 0.327 e. The van der Waals surface area contributed by atoms with Crippen LogP contribution >= 0.6 is 22.6 Å². The first kappa shape index (κ1) is 17.2. The van der Waals surface area contributed by atoms with Gasteiger partial charge < -0.3 is 5.73 Å². The summed E-state index contributed by atoms with van der Waals surface area (Å²) in [6.07, 6.45) is 13.2. The van der Waals surface area contributed by atoms with Gasteiger partial charge in [-0.05, 0) is 60.4 Å². The fraction of sp³-hybridized carbons (Fsp3) is 0.875. The van der Waals surface area contributed by atoms with Gasteiger partial charge in [0.25, 0.3) is 0 Å². The maximum Gasteiger partial charge on any atom is 0.231 e. The summed E-state index contributed by atoms with van der Waals surface area (Å²) in [6, 6.07) is -0.294. The molecule has 2 N–H and O–H groups in total. The summed E-state index contributed by atoms with van der Waals surface area (Å²) in [5, 5.41) is 10.8. The zero-order valence-corrected chi connectivity index (χ0v) is 14.8. The van der Waals surface area contributed by atoms with Crippen molar-refractivity contribution in [1.82, 2.24) is 0 Å². The molecule has 2 rings (SSSR count). The van der Waals surface area contributed by atoms with E-state index in [1.807, 2.05) is 6.08 Å². The molecular weight excluding hydrogens is 379 g/mol. The lowest BCUT2D eigenvalue weighted by Crippen LogP contribution is -2.40. The zero-order valence-electron chi connectivity index (χ0n) is 12.6. The predicted molar refractivity (Wildman–Crippen MR) is 94.2 cm³/mol. The standard InChI is InChI=1S/C16H27IN2O2/c17-11-1-2-12-3-5-13(6-4-12)16(18)14-7-9-15(10-8-14)19(20)21/h7,9,12-16H,1-6,8,10-11,18H2/t12?,13?,14?,15?,16-/m0/s1. The lowest BCUT2D eigenvalue weighted by Gasteiger charge is -2.36. The molecule has 3 atom stereocenters. The summed E-state index contributed by atoms with van der Waals surface area (Å²) in [5.74, 6) is 1.86. The predicted octanol–water partition coefficient (Wildman–Crippen LogP) is 3.95. The van der Waals surface area contributed by atoms with Gasteiger partial charge >= 0.3 is 0 Å². The van der Waals surface area contributed by atoms with Crippen LogP contribution in [0.4, 0.5) is 0 Å². The highest BCUT2D eigenvalue weighted by atomic mass is 127. The smallest absolute Gasteiger partial charge is 0.231 e. The third-order valence-corrected chi connectivity index (χ3v) is 6.09. The molecule has 1 saturated carbocycles. The Morgan fingerprint density at radius 2 is 1.90 bits per heavy atom. The number of hydrogen-bond donors (Lipinski definition) is 1. The van der Waals surface area contributed by atoms with Crippen LogP contribution < -0.4 is 5.73 Å². The molecule has 1 fully saturated rings. The fourth-order valence-electron chi connectivity index (χ4n) is 3.90. The van der Waals surface area contributed by atoms with Gasteiger partial charge in [-0.3, -0.25) is 10.1 Å². The number of nitrogens with two attached hydrogens (primary N) is 1. The van der Waals surface area contributed by atoms with Crippen LogP contribution in [0, 0.1) is 27.9 Å². The van der Waals surface area contributed by atoms with E-state index in [1.54, 1.807) is 6.08 Å². The SMILES string of the molecule is N[C@H](C1C=CC([N+](=O)[O-])CC1)C1CCC(CCCI)CC1. The normalized spacial score (nSPS) is 34.6. The van der Waals surface area contributed by atoms with E-state index in [2.05, 4.69) is 22.6 Å². The highest BCUT2D eigenvalue weighted by molar-refractivity contribution is 14.1. The molecule has 0 amide bonds. The van der Waals surface area contributed by atoms with Crippen LogP contribution in [0.15, 0.2) is 12.2 Å². The summed E-state index contributed by atoms with van der Waals surface area (Å²) in [5.41, 5.74) is 6.47. The maximum atomic E-state index is 10.8. The van der Waals surface area contributed by atoms with E-state index >= 15 is 0 Å². The topological polar surface area (TPSA) is 69.2 Å². The van der Waals surface area contributed by atoms with E-state index in [0.717, 1.165) is 12.3 Å². The number of alkyl halides is 1. The molecule has 2 unspecified atom stereocenters. The second-order valence-electron chi connectivity index (χ2n) is 6.67. The first-order valence-electron chi connectivity index (χ1n) is 8.25. The minimum atomic E-state index is -0.488. The summed E-state index contributed by atoms with van der Waals surface area (Å²) < 4.78 is 1.27. The van der Waals surface area contributed by atoms with E-state index in [9.17, 15) is 10.1 Å². The molecule has 0 heterocycles. The van der Waals surface area contributed by atoms with Gasteiger partial charge in [0.05, 0.1) is 0 Å². The molecular formula is C16H27IN2O2. The fourth-order valence-corrected chi connectivity index (χ4v) is 4.34. The van der Waals surface area contributed by atoms with Gasteiger partial charge in [0.1, 0.15) is 0 Å². The highest BCUT2D eigenvalue weighted by Crippen LogP contribution is 2.36. The van der Waals surface area contributed by atoms with Crippen molar-refractivity contribution in [2.24, 2.45) is 23.5 Å². The van der Waals surface area contributed by atoms with E-state index in [1.165, 1.54) is 43.0 Å². The molecule has 0 radical (unpaired) electrons. The van der Waals surface area contributed by atoms with Crippen LogP contribution in [-0.4, -0.2) is 21.4 Å². The number of nitro groups is 1. The summed E-state index contributed by atoms with van der Waals surface area (Å²) in [6.45, 7) is 0. The van der Waals surface area contributed by atoms with Gasteiger partial charge in [-0.15, -0.1) is 0 Å². The summed E-state index contributed by atoms with van der Waals surface area (Å²) in [4.78, 5) is 10.6. The van der Waals surface area contributed by atoms with Crippen molar-refractivity contribution in [3.8, 4) is 0 Å². The molecule has 120 valence electrons. The van der Waals surface area contributed by atoms with Gasteiger partial charge in [-0.25, -0.2) is 0 Å². The zero-order chi connectivity index (χ0) is 15.2. The van der Waals surface area contributed by atoms with Crippen LogP contribution in [0.25, 0.3) is 0 Å². The Bertz CT molecular complexity index is 367. The molecule has 0 aromatic heterocycles. The van der Waals surface area contributed by atoms with Crippen molar-refractivity contribution in [2.45, 2.75) is 63.5 Å². The monoisotopic (exact) mass is 406 g/mol. The third kappa shape index (κ3) is 4.91. The van der Waals surface area contributed by atoms with Gasteiger partial charge in [-0.2, -0.15) is 0 Å². The Balaban J connectivity index is 1.78. The van der Waals surface area contributed by atoms with Crippen molar-refractivity contribution in [1.29, 1.82) is 0 Å². The molecule has 2 aliphatic carbocycles. The van der Waals surface area contributed by atoms with Gasteiger partial charge in [0, 0.05) is 17.4 Å². The number of hydrogen-bond acceptors (Lipinski definition) is 3. The second-order valence-corrected chi connectivity index (χ2v) is 7.75. The molecule has 0 aromatic rings. The van der Waals surface area contributed by atoms with Crippen LogP contribution in [0.1, 0.15) is 51.4 Å². The van der Waals surface area contributed by atoms with Crippen molar-refractivity contribution in [3.63, 3.8) is 0 Å². The van der Waals surface area contributed by atoms with Crippen LogP contribution in [0.2, 0.25) is 0 Å². The summed E-state index contributed by atoms with van der Waals surface area (Å²) >= 11 is 2.46. The number of halogens is 1. The Hall–Kier alpha value is -0.170. The van der Waals surface area contributed by atoms with E-state index in [4.69, 9.17) is 5.73 Å². The van der Waals surface area contributed by atoms with Gasteiger partial charge in [0.15, 0.2) is 0 Å².